The number of carbonyl (C=O) groups excluding carboxylic acids is 1. The highest BCUT2D eigenvalue weighted by Gasteiger charge is 2.18. The number of ketones is 1. The molecular weight excluding hydrogens is 238 g/mol. The van der Waals surface area contributed by atoms with Gasteiger partial charge in [0.25, 0.3) is 0 Å². The molecule has 0 unspecified atom stereocenters. The number of rotatable bonds is 4. The molecule has 3 nitrogen and oxygen atoms in total. The van der Waals surface area contributed by atoms with E-state index in [9.17, 15) is 9.90 Å². The summed E-state index contributed by atoms with van der Waals surface area (Å²) in [5.41, 5.74) is 2.15. The van der Waals surface area contributed by atoms with Gasteiger partial charge in [-0.25, -0.2) is 0 Å². The average molecular weight is 255 g/mol. The van der Waals surface area contributed by atoms with Crippen molar-refractivity contribution in [3.63, 3.8) is 0 Å². The third-order valence-electron chi connectivity index (χ3n) is 3.03. The quantitative estimate of drug-likeness (QED) is 0.854. The Labute approximate surface area is 113 Å². The van der Waals surface area contributed by atoms with Gasteiger partial charge in [0.15, 0.2) is 5.78 Å². The summed E-state index contributed by atoms with van der Waals surface area (Å²) in [5.74, 6) is -0.281. The van der Waals surface area contributed by atoms with Crippen LogP contribution in [0.5, 0.6) is 0 Å². The molecular formula is C16H17NO2. The number of aliphatic hydroxyl groups is 1. The van der Waals surface area contributed by atoms with Gasteiger partial charge in [-0.3, -0.25) is 4.79 Å². The van der Waals surface area contributed by atoms with Crippen LogP contribution in [-0.4, -0.2) is 25.0 Å². The van der Waals surface area contributed by atoms with Crippen molar-refractivity contribution >= 4 is 11.5 Å². The van der Waals surface area contributed by atoms with Crippen LogP contribution in [0.1, 0.15) is 22.0 Å². The summed E-state index contributed by atoms with van der Waals surface area (Å²) in [4.78, 5) is 14.1. The SMILES string of the molecule is CN(C)c1ccc(C(=O)[C@H](O)c2ccccc2)cc1. The van der Waals surface area contributed by atoms with E-state index in [0.717, 1.165) is 5.69 Å². The van der Waals surface area contributed by atoms with Crippen molar-refractivity contribution < 1.29 is 9.90 Å². The maximum atomic E-state index is 12.2. The largest absolute Gasteiger partial charge is 0.380 e. The van der Waals surface area contributed by atoms with Crippen LogP contribution in [0.2, 0.25) is 0 Å². The van der Waals surface area contributed by atoms with E-state index >= 15 is 0 Å². The van der Waals surface area contributed by atoms with Crippen molar-refractivity contribution in [3.05, 3.63) is 65.7 Å². The number of carbonyl (C=O) groups is 1. The Morgan fingerprint density at radius 1 is 1.00 bits per heavy atom. The van der Waals surface area contributed by atoms with E-state index in [1.807, 2.05) is 37.2 Å². The first-order valence-corrected chi connectivity index (χ1v) is 6.14. The highest BCUT2D eigenvalue weighted by atomic mass is 16.3. The van der Waals surface area contributed by atoms with E-state index in [2.05, 4.69) is 0 Å². The van der Waals surface area contributed by atoms with Crippen molar-refractivity contribution in [3.8, 4) is 0 Å². The Hall–Kier alpha value is -2.13. The summed E-state index contributed by atoms with van der Waals surface area (Å²) < 4.78 is 0. The smallest absolute Gasteiger partial charge is 0.195 e. The molecule has 0 fully saturated rings. The van der Waals surface area contributed by atoms with Gasteiger partial charge >= 0.3 is 0 Å². The van der Waals surface area contributed by atoms with Gasteiger partial charge in [0, 0.05) is 25.3 Å². The molecule has 3 heteroatoms. The number of hydrogen-bond donors (Lipinski definition) is 1. The minimum absolute atomic E-state index is 0.281. The van der Waals surface area contributed by atoms with Crippen molar-refractivity contribution in [1.82, 2.24) is 0 Å². The predicted octanol–water partition coefficient (Wildman–Crippen LogP) is 2.67. The fourth-order valence-electron chi connectivity index (χ4n) is 1.87. The molecule has 98 valence electrons. The molecule has 1 N–H and O–H groups in total. The van der Waals surface area contributed by atoms with Gasteiger partial charge in [0.1, 0.15) is 6.10 Å². The van der Waals surface area contributed by atoms with Gasteiger partial charge < -0.3 is 10.0 Å². The minimum atomic E-state index is -1.11. The van der Waals surface area contributed by atoms with Gasteiger partial charge in [-0.15, -0.1) is 0 Å². The van der Waals surface area contributed by atoms with E-state index in [-0.39, 0.29) is 5.78 Å². The van der Waals surface area contributed by atoms with Crippen LogP contribution >= 0.6 is 0 Å². The Morgan fingerprint density at radius 2 is 1.58 bits per heavy atom. The zero-order valence-corrected chi connectivity index (χ0v) is 11.1. The number of nitrogens with zero attached hydrogens (tertiary/aromatic N) is 1. The van der Waals surface area contributed by atoms with Crippen LogP contribution in [0.25, 0.3) is 0 Å². The molecule has 0 amide bonds. The van der Waals surface area contributed by atoms with Gasteiger partial charge in [0.05, 0.1) is 0 Å². The fraction of sp³-hybridized carbons (Fsp3) is 0.188. The summed E-state index contributed by atoms with van der Waals surface area (Å²) in [7, 11) is 3.88. The highest BCUT2D eigenvalue weighted by molar-refractivity contribution is 6.00. The molecule has 0 aliphatic rings. The van der Waals surface area contributed by atoms with E-state index in [4.69, 9.17) is 0 Å². The number of benzene rings is 2. The number of anilines is 1. The molecule has 19 heavy (non-hydrogen) atoms. The van der Waals surface area contributed by atoms with E-state index < -0.39 is 6.10 Å². The molecule has 2 aromatic rings. The molecule has 2 rings (SSSR count). The first-order valence-electron chi connectivity index (χ1n) is 6.14. The first kappa shape index (κ1) is 13.3. The summed E-state index contributed by atoms with van der Waals surface area (Å²) in [6, 6.07) is 16.2. The molecule has 1 atom stereocenters. The van der Waals surface area contributed by atoms with Crippen molar-refractivity contribution in [2.24, 2.45) is 0 Å². The lowest BCUT2D eigenvalue weighted by Crippen LogP contribution is -2.13. The lowest BCUT2D eigenvalue weighted by atomic mass is 10.00. The topological polar surface area (TPSA) is 40.5 Å². The molecule has 0 spiro atoms. The van der Waals surface area contributed by atoms with E-state index in [0.29, 0.717) is 11.1 Å². The van der Waals surface area contributed by atoms with Crippen LogP contribution in [0, 0.1) is 0 Å². The van der Waals surface area contributed by atoms with Crippen molar-refractivity contribution in [2.45, 2.75) is 6.10 Å². The fourth-order valence-corrected chi connectivity index (χ4v) is 1.87. The maximum Gasteiger partial charge on any atom is 0.195 e. The van der Waals surface area contributed by atoms with E-state index in [1.165, 1.54) is 0 Å². The second kappa shape index (κ2) is 5.67. The minimum Gasteiger partial charge on any atom is -0.380 e. The molecule has 0 aromatic heterocycles. The van der Waals surface area contributed by atoms with Crippen molar-refractivity contribution in [2.75, 3.05) is 19.0 Å². The van der Waals surface area contributed by atoms with Crippen LogP contribution in [0.15, 0.2) is 54.6 Å². The number of Topliss-reactive ketones (excluding diaryl/α,β-unsaturated/α-hetero) is 1. The third-order valence-corrected chi connectivity index (χ3v) is 3.03. The second-order valence-electron chi connectivity index (χ2n) is 4.62. The zero-order chi connectivity index (χ0) is 13.8. The van der Waals surface area contributed by atoms with Gasteiger partial charge in [-0.1, -0.05) is 30.3 Å². The average Bonchev–Trinajstić information content (AvgIpc) is 2.46. The molecule has 0 aliphatic heterocycles. The Morgan fingerprint density at radius 3 is 2.11 bits per heavy atom. The van der Waals surface area contributed by atoms with Crippen LogP contribution in [-0.2, 0) is 0 Å². The molecule has 0 radical (unpaired) electrons. The summed E-state index contributed by atoms with van der Waals surface area (Å²) in [6.45, 7) is 0. The molecule has 2 aromatic carbocycles. The van der Waals surface area contributed by atoms with Gasteiger partial charge in [-0.05, 0) is 29.8 Å². The Kier molecular flexibility index (Phi) is 3.97. The van der Waals surface area contributed by atoms with Crippen LogP contribution in [0.3, 0.4) is 0 Å². The zero-order valence-electron chi connectivity index (χ0n) is 11.1. The van der Waals surface area contributed by atoms with Crippen LogP contribution in [0.4, 0.5) is 5.69 Å². The lowest BCUT2D eigenvalue weighted by molar-refractivity contribution is 0.0747. The Bertz CT molecular complexity index is 547. The summed E-state index contributed by atoms with van der Waals surface area (Å²) in [5, 5.41) is 10.1. The first-order chi connectivity index (χ1) is 9.09. The van der Waals surface area contributed by atoms with Gasteiger partial charge in [-0.2, -0.15) is 0 Å². The summed E-state index contributed by atoms with van der Waals surface area (Å²) >= 11 is 0. The molecule has 0 saturated heterocycles. The molecule has 0 heterocycles. The van der Waals surface area contributed by atoms with E-state index in [1.54, 1.807) is 36.4 Å². The van der Waals surface area contributed by atoms with Gasteiger partial charge in [0.2, 0.25) is 0 Å². The standard InChI is InChI=1S/C16H17NO2/c1-17(2)14-10-8-13(9-11-14)16(19)15(18)12-6-4-3-5-7-12/h3-11,15,18H,1-2H3/t15-/m1/s1. The normalized spacial score (nSPS) is 11.9. The molecule has 0 saturated carbocycles. The van der Waals surface area contributed by atoms with Crippen molar-refractivity contribution in [1.29, 1.82) is 0 Å². The molecule has 0 aliphatic carbocycles. The third kappa shape index (κ3) is 3.01. The second-order valence-corrected chi connectivity index (χ2v) is 4.62. The highest BCUT2D eigenvalue weighted by Crippen LogP contribution is 2.20. The maximum absolute atomic E-state index is 12.2. The molecule has 0 bridgehead atoms. The summed E-state index contributed by atoms with van der Waals surface area (Å²) in [6.07, 6.45) is -1.11. The monoisotopic (exact) mass is 255 g/mol. The predicted molar refractivity (Wildman–Crippen MR) is 76.5 cm³/mol. The lowest BCUT2D eigenvalue weighted by Gasteiger charge is -2.14. The van der Waals surface area contributed by atoms with Crippen LogP contribution < -0.4 is 4.90 Å². The number of hydrogen-bond acceptors (Lipinski definition) is 3. The number of aliphatic hydroxyl groups excluding tert-OH is 1. The Balaban J connectivity index is 2.20.